The number of aromatic nitrogens is 2. The van der Waals surface area contributed by atoms with Crippen molar-refractivity contribution in [3.8, 4) is 0 Å². The molecule has 12 nitrogen and oxygen atoms in total. The molecule has 1 fully saturated rings. The zero-order valence-corrected chi connectivity index (χ0v) is 16.5. The van der Waals surface area contributed by atoms with Crippen LogP contribution in [-0.2, 0) is 23.4 Å². The van der Waals surface area contributed by atoms with Crippen molar-refractivity contribution in [1.82, 2.24) is 14.6 Å². The Kier molecular flexibility index (Phi) is 7.74. The number of carbonyl (C=O) groups excluding carboxylic acids is 1. The van der Waals surface area contributed by atoms with Crippen LogP contribution >= 0.6 is 8.18 Å². The monoisotopic (exact) mass is 438 g/mol. The van der Waals surface area contributed by atoms with Gasteiger partial charge in [0.15, 0.2) is 12.8 Å². The van der Waals surface area contributed by atoms with Crippen LogP contribution in [0.4, 0.5) is 4.39 Å². The summed E-state index contributed by atoms with van der Waals surface area (Å²) in [6, 6.07) is -0.0634. The van der Waals surface area contributed by atoms with E-state index in [1.807, 2.05) is 4.98 Å². The summed E-state index contributed by atoms with van der Waals surface area (Å²) in [5.41, 5.74) is -1.71. The normalized spacial score (nSPS) is 28.2. The fraction of sp³-hybridized carbons (Fsp3) is 0.667. The molecular weight excluding hydrogens is 416 g/mol. The third-order valence-corrected chi connectivity index (χ3v) is 4.94. The lowest BCUT2D eigenvalue weighted by molar-refractivity contribution is -0.202. The van der Waals surface area contributed by atoms with Gasteiger partial charge in [0.2, 0.25) is 0 Å². The van der Waals surface area contributed by atoms with Gasteiger partial charge in [-0.2, -0.15) is 0 Å². The minimum Gasteiger partial charge on any atom is -0.464 e. The van der Waals surface area contributed by atoms with Crippen LogP contribution in [0.1, 0.15) is 26.5 Å². The maximum atomic E-state index is 14.9. The summed E-state index contributed by atoms with van der Waals surface area (Å²) in [6.07, 6.45) is -4.15. The third kappa shape index (κ3) is 5.53. The molecular formula is C15H22FN3O9P+. The zero-order chi connectivity index (χ0) is 21.8. The lowest BCUT2D eigenvalue weighted by Crippen LogP contribution is -2.43. The number of aliphatic hydroxyl groups is 2. The number of alkyl halides is 1. The second-order valence-electron chi connectivity index (χ2n) is 6.30. The van der Waals surface area contributed by atoms with Crippen LogP contribution in [-0.4, -0.2) is 63.1 Å². The Bertz CT molecular complexity index is 862. The predicted molar refractivity (Wildman–Crippen MR) is 94.7 cm³/mol. The molecule has 0 aromatic carbocycles. The molecule has 0 bridgehead atoms. The Hall–Kier alpha value is -2.02. The Balaban J connectivity index is 1.99. The smallest absolute Gasteiger partial charge is 0.464 e. The number of H-pyrrole nitrogens is 1. The summed E-state index contributed by atoms with van der Waals surface area (Å²) in [4.78, 5) is 36.4. The number of hydrogen-bond acceptors (Lipinski definition) is 9. The van der Waals surface area contributed by atoms with Crippen LogP contribution < -0.4 is 16.3 Å². The molecule has 0 radical (unpaired) electrons. The maximum Gasteiger partial charge on any atom is 0.614 e. The summed E-state index contributed by atoms with van der Waals surface area (Å²) < 4.78 is 42.1. The fourth-order valence-electron chi connectivity index (χ4n) is 2.44. The molecule has 1 aliphatic heterocycles. The van der Waals surface area contributed by atoms with E-state index < -0.39 is 62.3 Å². The quantitative estimate of drug-likeness (QED) is 0.279. The van der Waals surface area contributed by atoms with Gasteiger partial charge in [0.05, 0.1) is 6.61 Å². The van der Waals surface area contributed by atoms with Crippen molar-refractivity contribution >= 4 is 14.1 Å². The van der Waals surface area contributed by atoms with Crippen LogP contribution in [0, 0.1) is 0 Å². The first-order valence-corrected chi connectivity index (χ1v) is 9.84. The van der Waals surface area contributed by atoms with E-state index in [9.17, 15) is 33.6 Å². The van der Waals surface area contributed by atoms with E-state index >= 15 is 0 Å². The highest BCUT2D eigenvalue weighted by molar-refractivity contribution is 7.36. The molecule has 0 spiro atoms. The van der Waals surface area contributed by atoms with Crippen molar-refractivity contribution in [2.24, 2.45) is 0 Å². The molecule has 2 heterocycles. The first-order chi connectivity index (χ1) is 13.6. The fourth-order valence-corrected chi connectivity index (χ4v) is 3.23. The molecule has 1 aromatic heterocycles. The van der Waals surface area contributed by atoms with Gasteiger partial charge in [-0.05, 0) is 17.9 Å². The molecule has 29 heavy (non-hydrogen) atoms. The number of nitrogens with one attached hydrogen (secondary N) is 2. The highest BCUT2D eigenvalue weighted by Gasteiger charge is 2.57. The standard InChI is InChI=1S/C15H21FN3O9P/c1-3-6-26-13(23)8(2)18-29(25)27-7-15(16)11(22)10(21)12(28-15)19-5-4-9(20)17-14(19)24/h4-5,8,10-12,21-22H,3,6-7H2,1-2H3,(H-,17,18,20,24,25)/p+1/t8-,10+,11-,12+,15+/m0/s1. The van der Waals surface area contributed by atoms with Gasteiger partial charge in [0, 0.05) is 12.3 Å². The molecule has 6 atom stereocenters. The number of carbonyl (C=O) groups is 1. The average Bonchev–Trinajstić information content (AvgIpc) is 2.89. The van der Waals surface area contributed by atoms with Crippen LogP contribution in [0.2, 0.25) is 0 Å². The molecule has 2 rings (SSSR count). The number of nitrogens with zero attached hydrogens (tertiary/aromatic N) is 1. The number of hydrogen-bond donors (Lipinski definition) is 4. The van der Waals surface area contributed by atoms with E-state index in [0.29, 0.717) is 11.0 Å². The average molecular weight is 438 g/mol. The van der Waals surface area contributed by atoms with E-state index in [2.05, 4.69) is 5.09 Å². The predicted octanol–water partition coefficient (Wildman–Crippen LogP) is -0.942. The molecule has 1 saturated heterocycles. The second-order valence-corrected chi connectivity index (χ2v) is 7.33. The first-order valence-electron chi connectivity index (χ1n) is 8.66. The summed E-state index contributed by atoms with van der Waals surface area (Å²) in [5.74, 6) is -3.70. The molecule has 0 aliphatic carbocycles. The van der Waals surface area contributed by atoms with Gasteiger partial charge < -0.3 is 19.7 Å². The van der Waals surface area contributed by atoms with Crippen molar-refractivity contribution in [2.45, 2.75) is 50.6 Å². The molecule has 0 amide bonds. The lowest BCUT2D eigenvalue weighted by Gasteiger charge is -2.20. The summed E-state index contributed by atoms with van der Waals surface area (Å²) in [6.45, 7) is 2.26. The van der Waals surface area contributed by atoms with Crippen molar-refractivity contribution in [1.29, 1.82) is 0 Å². The Morgan fingerprint density at radius 1 is 1.52 bits per heavy atom. The Labute approximate surface area is 164 Å². The van der Waals surface area contributed by atoms with E-state index in [0.717, 1.165) is 12.3 Å². The van der Waals surface area contributed by atoms with Gasteiger partial charge in [-0.25, -0.2) is 9.18 Å². The van der Waals surface area contributed by atoms with Crippen molar-refractivity contribution in [3.63, 3.8) is 0 Å². The van der Waals surface area contributed by atoms with Gasteiger partial charge in [-0.15, -0.1) is 4.52 Å². The molecule has 1 aromatic rings. The van der Waals surface area contributed by atoms with Crippen LogP contribution in [0.3, 0.4) is 0 Å². The summed E-state index contributed by atoms with van der Waals surface area (Å²) >= 11 is 0. The third-order valence-electron chi connectivity index (χ3n) is 3.98. The number of rotatable bonds is 9. The summed E-state index contributed by atoms with van der Waals surface area (Å²) in [7, 11) is -2.76. The van der Waals surface area contributed by atoms with Crippen molar-refractivity contribution < 1.29 is 38.0 Å². The van der Waals surface area contributed by atoms with Crippen LogP contribution in [0.25, 0.3) is 0 Å². The molecule has 1 aliphatic rings. The number of ether oxygens (including phenoxy) is 2. The Morgan fingerprint density at radius 2 is 2.21 bits per heavy atom. The molecule has 1 unspecified atom stereocenters. The molecule has 162 valence electrons. The van der Waals surface area contributed by atoms with E-state index in [4.69, 9.17) is 14.0 Å². The largest absolute Gasteiger partial charge is 0.614 e. The zero-order valence-electron chi connectivity index (χ0n) is 15.6. The topological polar surface area (TPSA) is 169 Å². The van der Waals surface area contributed by atoms with Gasteiger partial charge in [-0.1, -0.05) is 12.0 Å². The van der Waals surface area contributed by atoms with E-state index in [-0.39, 0.29) is 6.61 Å². The lowest BCUT2D eigenvalue weighted by atomic mass is 10.1. The number of aliphatic hydroxyl groups excluding tert-OH is 2. The van der Waals surface area contributed by atoms with Crippen LogP contribution in [0.15, 0.2) is 21.9 Å². The highest BCUT2D eigenvalue weighted by atomic mass is 31.1. The van der Waals surface area contributed by atoms with E-state index in [1.165, 1.54) is 6.92 Å². The van der Waals surface area contributed by atoms with Gasteiger partial charge in [-0.3, -0.25) is 19.1 Å². The van der Waals surface area contributed by atoms with Crippen molar-refractivity contribution in [3.05, 3.63) is 33.1 Å². The van der Waals surface area contributed by atoms with Gasteiger partial charge in [0.25, 0.3) is 11.4 Å². The molecule has 4 N–H and O–H groups in total. The molecule has 14 heteroatoms. The minimum absolute atomic E-state index is 0.180. The second kappa shape index (κ2) is 9.65. The SMILES string of the molecule is CCCOC(=O)[C@H](C)N[P+](=O)OC[C@@]1(F)O[C@@H](n2ccc(=O)[nH]c2=O)[C@H](O)[C@@H]1O. The number of esters is 1. The van der Waals surface area contributed by atoms with Crippen molar-refractivity contribution in [2.75, 3.05) is 13.2 Å². The molecule has 0 saturated carbocycles. The minimum atomic E-state index is -3.02. The van der Waals surface area contributed by atoms with E-state index in [1.54, 1.807) is 6.92 Å². The van der Waals surface area contributed by atoms with Gasteiger partial charge in [0.1, 0.15) is 18.2 Å². The maximum absolute atomic E-state index is 14.9. The first kappa shape index (κ1) is 23.3. The summed E-state index contributed by atoms with van der Waals surface area (Å²) in [5, 5.41) is 22.3. The van der Waals surface area contributed by atoms with Gasteiger partial charge >= 0.3 is 19.8 Å². The number of aromatic amines is 1. The number of halogens is 1. The Morgan fingerprint density at radius 3 is 2.83 bits per heavy atom. The highest BCUT2D eigenvalue weighted by Crippen LogP contribution is 2.39. The van der Waals surface area contributed by atoms with Crippen LogP contribution in [0.5, 0.6) is 0 Å².